The third-order valence-corrected chi connectivity index (χ3v) is 5.89. The molecule has 3 rings (SSSR count). The van der Waals surface area contributed by atoms with E-state index in [4.69, 9.17) is 23.2 Å². The van der Waals surface area contributed by atoms with Crippen LogP contribution < -0.4 is 0 Å². The van der Waals surface area contributed by atoms with Gasteiger partial charge in [-0.1, -0.05) is 39.1 Å². The summed E-state index contributed by atoms with van der Waals surface area (Å²) < 4.78 is 2.42. The van der Waals surface area contributed by atoms with E-state index in [1.54, 1.807) is 22.8 Å². The average Bonchev–Trinajstić information content (AvgIpc) is 3.08. The Morgan fingerprint density at radius 3 is 2.55 bits per heavy atom. The molecule has 0 unspecified atom stereocenters. The number of phenols is 1. The summed E-state index contributed by atoms with van der Waals surface area (Å²) in [5.41, 5.74) is 1.09. The average molecular weight is 515 g/mol. The van der Waals surface area contributed by atoms with Crippen molar-refractivity contribution < 1.29 is 15.0 Å². The van der Waals surface area contributed by atoms with Crippen molar-refractivity contribution in [3.63, 3.8) is 0 Å². The van der Waals surface area contributed by atoms with E-state index >= 15 is 0 Å². The zero-order valence-corrected chi connectivity index (χ0v) is 18.8. The van der Waals surface area contributed by atoms with E-state index in [-0.39, 0.29) is 21.2 Å². The molecule has 3 aromatic rings. The number of hydrogen-bond acceptors (Lipinski definition) is 5. The summed E-state index contributed by atoms with van der Waals surface area (Å²) in [6.07, 6.45) is 1.34. The van der Waals surface area contributed by atoms with Crippen molar-refractivity contribution in [2.45, 2.75) is 18.6 Å². The Morgan fingerprint density at radius 1 is 1.24 bits per heavy atom. The highest BCUT2D eigenvalue weighted by Crippen LogP contribution is 2.36. The number of carboxylic acids is 1. The number of aromatic hydroxyl groups is 1. The molecule has 1 heterocycles. The van der Waals surface area contributed by atoms with Gasteiger partial charge in [0.15, 0.2) is 11.0 Å². The molecule has 0 radical (unpaired) electrons. The lowest BCUT2D eigenvalue weighted by atomic mass is 10.2. The number of thioether (sulfide) groups is 1. The first-order valence-electron chi connectivity index (χ1n) is 8.30. The molecule has 0 spiro atoms. The van der Waals surface area contributed by atoms with Gasteiger partial charge in [0.2, 0.25) is 0 Å². The molecular formula is C19H14BrCl2N3O3S. The SMILES string of the molecule is CCn1c(S/C(=C\c2cc(Br)cc(Cl)c2O)C(=O)O)nnc1-c1ccc(Cl)cc1. The predicted molar refractivity (Wildman–Crippen MR) is 118 cm³/mol. The third-order valence-electron chi connectivity index (χ3n) is 3.89. The zero-order chi connectivity index (χ0) is 21.1. The summed E-state index contributed by atoms with van der Waals surface area (Å²) in [4.78, 5) is 11.8. The Bertz CT molecular complexity index is 1100. The molecule has 0 saturated heterocycles. The van der Waals surface area contributed by atoms with Gasteiger partial charge in [0.25, 0.3) is 0 Å². The van der Waals surface area contributed by atoms with Crippen LogP contribution in [0.1, 0.15) is 12.5 Å². The Hall–Kier alpha value is -2.00. The van der Waals surface area contributed by atoms with Crippen molar-refractivity contribution in [1.29, 1.82) is 0 Å². The number of hydrogen-bond donors (Lipinski definition) is 2. The molecule has 6 nitrogen and oxygen atoms in total. The molecule has 0 aliphatic rings. The lowest BCUT2D eigenvalue weighted by Gasteiger charge is -2.09. The smallest absolute Gasteiger partial charge is 0.342 e. The number of aromatic nitrogens is 3. The van der Waals surface area contributed by atoms with Gasteiger partial charge in [-0.15, -0.1) is 10.2 Å². The first kappa shape index (κ1) is 21.7. The second-order valence-electron chi connectivity index (χ2n) is 5.80. The highest BCUT2D eigenvalue weighted by Gasteiger charge is 2.19. The normalized spacial score (nSPS) is 11.7. The molecule has 2 aromatic carbocycles. The van der Waals surface area contributed by atoms with E-state index in [1.165, 1.54) is 12.1 Å². The maximum Gasteiger partial charge on any atom is 0.342 e. The molecule has 0 aliphatic carbocycles. The number of carboxylic acid groups (broad SMARTS) is 1. The molecule has 0 amide bonds. The molecule has 150 valence electrons. The highest BCUT2D eigenvalue weighted by molar-refractivity contribution is 9.10. The number of nitrogens with zero attached hydrogens (tertiary/aromatic N) is 3. The van der Waals surface area contributed by atoms with E-state index in [1.807, 2.05) is 19.1 Å². The van der Waals surface area contributed by atoms with Gasteiger partial charge in [-0.2, -0.15) is 0 Å². The van der Waals surface area contributed by atoms with Gasteiger partial charge in [-0.25, -0.2) is 4.79 Å². The summed E-state index contributed by atoms with van der Waals surface area (Å²) in [7, 11) is 0. The summed E-state index contributed by atoms with van der Waals surface area (Å²) >= 11 is 16.1. The fraction of sp³-hybridized carbons (Fsp3) is 0.105. The first-order valence-corrected chi connectivity index (χ1v) is 10.7. The Labute approximate surface area is 189 Å². The molecule has 0 fully saturated rings. The van der Waals surface area contributed by atoms with Crippen molar-refractivity contribution in [3.8, 4) is 17.1 Å². The quantitative estimate of drug-likeness (QED) is 0.311. The fourth-order valence-corrected chi connectivity index (χ4v) is 4.37. The number of halogens is 3. The summed E-state index contributed by atoms with van der Waals surface area (Å²) in [5.74, 6) is -0.762. The maximum absolute atomic E-state index is 11.8. The fourth-order valence-electron chi connectivity index (χ4n) is 2.53. The lowest BCUT2D eigenvalue weighted by Crippen LogP contribution is -2.02. The second-order valence-corrected chi connectivity index (χ2v) is 8.57. The van der Waals surface area contributed by atoms with E-state index < -0.39 is 5.97 Å². The van der Waals surface area contributed by atoms with Crippen LogP contribution in [0.4, 0.5) is 0 Å². The molecule has 29 heavy (non-hydrogen) atoms. The van der Waals surface area contributed by atoms with Gasteiger partial charge >= 0.3 is 5.97 Å². The van der Waals surface area contributed by atoms with Gasteiger partial charge in [0, 0.05) is 27.2 Å². The standard InChI is InChI=1S/C19H14BrCl2N3O3S/c1-2-25-17(10-3-5-13(21)6-4-10)23-24-19(25)29-15(18(27)28)8-11-7-12(20)9-14(22)16(11)26/h3-9,26H,2H2,1H3,(H,27,28)/b15-8-. The van der Waals surface area contributed by atoms with Crippen LogP contribution in [0.25, 0.3) is 17.5 Å². The van der Waals surface area contributed by atoms with Crippen molar-refractivity contribution in [2.75, 3.05) is 0 Å². The number of carbonyl (C=O) groups is 1. The first-order chi connectivity index (χ1) is 13.8. The lowest BCUT2D eigenvalue weighted by molar-refractivity contribution is -0.131. The molecule has 0 atom stereocenters. The molecule has 0 bridgehead atoms. The molecule has 0 aliphatic heterocycles. The monoisotopic (exact) mass is 513 g/mol. The highest BCUT2D eigenvalue weighted by atomic mass is 79.9. The van der Waals surface area contributed by atoms with Crippen molar-refractivity contribution in [2.24, 2.45) is 0 Å². The second kappa shape index (κ2) is 9.21. The van der Waals surface area contributed by atoms with E-state index in [0.717, 1.165) is 17.3 Å². The Kier molecular flexibility index (Phi) is 6.89. The molecule has 2 N–H and O–H groups in total. The van der Waals surface area contributed by atoms with Crippen LogP contribution >= 0.6 is 50.9 Å². The third kappa shape index (κ3) is 4.95. The van der Waals surface area contributed by atoms with Gasteiger partial charge in [0.1, 0.15) is 10.7 Å². The van der Waals surface area contributed by atoms with Gasteiger partial charge in [-0.05, 0) is 61.2 Å². The summed E-state index contributed by atoms with van der Waals surface area (Å²) in [6, 6.07) is 10.2. The number of phenolic OH excluding ortho intramolecular Hbond substituents is 1. The van der Waals surface area contributed by atoms with Crippen LogP contribution in [0.15, 0.2) is 50.9 Å². The van der Waals surface area contributed by atoms with E-state index in [9.17, 15) is 15.0 Å². The summed E-state index contributed by atoms with van der Waals surface area (Å²) in [5, 5.41) is 29.3. The predicted octanol–water partition coefficient (Wildman–Crippen LogP) is 5.96. The van der Waals surface area contributed by atoms with Crippen molar-refractivity contribution >= 4 is 62.9 Å². The maximum atomic E-state index is 11.8. The number of benzene rings is 2. The van der Waals surface area contributed by atoms with Gasteiger partial charge in [0.05, 0.1) is 5.02 Å². The molecular weight excluding hydrogens is 501 g/mol. The van der Waals surface area contributed by atoms with Crippen LogP contribution in [-0.4, -0.2) is 30.9 Å². The number of aliphatic carboxylic acids is 1. The van der Waals surface area contributed by atoms with Crippen LogP contribution in [0.3, 0.4) is 0 Å². The van der Waals surface area contributed by atoms with Crippen molar-refractivity contribution in [1.82, 2.24) is 14.8 Å². The minimum atomic E-state index is -1.16. The minimum absolute atomic E-state index is 0.0424. The largest absolute Gasteiger partial charge is 0.506 e. The Morgan fingerprint density at radius 2 is 1.93 bits per heavy atom. The van der Waals surface area contributed by atoms with E-state index in [0.29, 0.717) is 27.0 Å². The zero-order valence-electron chi connectivity index (χ0n) is 14.9. The van der Waals surface area contributed by atoms with Crippen LogP contribution in [0.5, 0.6) is 5.75 Å². The molecule has 0 saturated carbocycles. The van der Waals surface area contributed by atoms with Crippen LogP contribution in [-0.2, 0) is 11.3 Å². The topological polar surface area (TPSA) is 88.2 Å². The van der Waals surface area contributed by atoms with Gasteiger partial charge in [-0.3, -0.25) is 0 Å². The molecule has 10 heteroatoms. The van der Waals surface area contributed by atoms with E-state index in [2.05, 4.69) is 26.1 Å². The molecule has 1 aromatic heterocycles. The number of rotatable bonds is 6. The Balaban J connectivity index is 2.00. The van der Waals surface area contributed by atoms with Crippen molar-refractivity contribution in [3.05, 3.63) is 61.4 Å². The van der Waals surface area contributed by atoms with Crippen LogP contribution in [0, 0.1) is 0 Å². The van der Waals surface area contributed by atoms with Crippen LogP contribution in [0.2, 0.25) is 10.0 Å². The van der Waals surface area contributed by atoms with Gasteiger partial charge < -0.3 is 14.8 Å². The summed E-state index contributed by atoms with van der Waals surface area (Å²) in [6.45, 7) is 2.45. The minimum Gasteiger partial charge on any atom is -0.506 e.